The van der Waals surface area contributed by atoms with Crippen LogP contribution in [0, 0.1) is 0 Å². The molecule has 1 N–H and O–H groups in total. The number of aldehydes is 1. The summed E-state index contributed by atoms with van der Waals surface area (Å²) in [6.45, 7) is 2.05. The van der Waals surface area contributed by atoms with E-state index in [9.17, 15) is 4.79 Å². The normalized spacial score (nSPS) is 24.9. The van der Waals surface area contributed by atoms with Crippen molar-refractivity contribution in [2.75, 3.05) is 5.32 Å². The average molecular weight is 191 g/mol. The van der Waals surface area contributed by atoms with E-state index in [1.54, 1.807) is 0 Å². The van der Waals surface area contributed by atoms with Gasteiger partial charge in [0.1, 0.15) is 0 Å². The molecule has 0 bridgehead atoms. The zero-order valence-corrected chi connectivity index (χ0v) is 8.07. The second-order valence-corrected chi connectivity index (χ2v) is 3.32. The van der Waals surface area contributed by atoms with Crippen LogP contribution < -0.4 is 5.32 Å². The Bertz CT molecular complexity index is 338. The second kappa shape index (κ2) is 3.80. The van der Waals surface area contributed by atoms with E-state index in [1.165, 1.54) is 0 Å². The van der Waals surface area contributed by atoms with Crippen molar-refractivity contribution in [2.24, 2.45) is 0 Å². The van der Waals surface area contributed by atoms with Gasteiger partial charge in [0.05, 0.1) is 6.10 Å². The lowest BCUT2D eigenvalue weighted by Gasteiger charge is -2.30. The predicted octanol–water partition coefficient (Wildman–Crippen LogP) is 2.10. The van der Waals surface area contributed by atoms with E-state index >= 15 is 0 Å². The van der Waals surface area contributed by atoms with Gasteiger partial charge >= 0.3 is 0 Å². The summed E-state index contributed by atoms with van der Waals surface area (Å²) in [5.74, 6) is 0. The van der Waals surface area contributed by atoms with E-state index in [-0.39, 0.29) is 6.10 Å². The zero-order valence-electron chi connectivity index (χ0n) is 8.07. The molecule has 2 atom stereocenters. The van der Waals surface area contributed by atoms with E-state index in [1.807, 2.05) is 24.3 Å². The molecule has 2 unspecified atom stereocenters. The number of nitrogens with one attached hydrogen (secondary N) is 1. The van der Waals surface area contributed by atoms with Gasteiger partial charge in [-0.1, -0.05) is 25.1 Å². The summed E-state index contributed by atoms with van der Waals surface area (Å²) >= 11 is 0. The number of anilines is 1. The maximum absolute atomic E-state index is 10.6. The van der Waals surface area contributed by atoms with Crippen molar-refractivity contribution in [3.8, 4) is 0 Å². The Morgan fingerprint density at radius 2 is 2.29 bits per heavy atom. The number of carbonyl (C=O) groups is 1. The van der Waals surface area contributed by atoms with Crippen molar-refractivity contribution >= 4 is 12.0 Å². The van der Waals surface area contributed by atoms with Crippen molar-refractivity contribution in [1.29, 1.82) is 0 Å². The first-order valence-corrected chi connectivity index (χ1v) is 4.81. The number of rotatable bonds is 2. The number of ether oxygens (including phenoxy) is 1. The highest BCUT2D eigenvalue weighted by molar-refractivity contribution is 5.66. The maximum atomic E-state index is 10.6. The molecule has 0 fully saturated rings. The number of hydrogen-bond donors (Lipinski definition) is 1. The largest absolute Gasteiger partial charge is 0.354 e. The molecule has 1 aromatic rings. The van der Waals surface area contributed by atoms with Crippen LogP contribution in [0.1, 0.15) is 25.0 Å². The highest BCUT2D eigenvalue weighted by Gasteiger charge is 2.24. The van der Waals surface area contributed by atoms with E-state index in [0.29, 0.717) is 0 Å². The van der Waals surface area contributed by atoms with E-state index in [4.69, 9.17) is 4.74 Å². The van der Waals surface area contributed by atoms with Crippen molar-refractivity contribution in [3.63, 3.8) is 0 Å². The summed E-state index contributed by atoms with van der Waals surface area (Å²) in [6, 6.07) is 7.92. The smallest absolute Gasteiger partial charge is 0.185 e. The first-order chi connectivity index (χ1) is 6.85. The molecule has 1 aromatic carbocycles. The Labute approximate surface area is 83.1 Å². The van der Waals surface area contributed by atoms with Crippen LogP contribution in [0.5, 0.6) is 0 Å². The van der Waals surface area contributed by atoms with Crippen LogP contribution >= 0.6 is 0 Å². The van der Waals surface area contributed by atoms with Gasteiger partial charge in [0.15, 0.2) is 12.5 Å². The summed E-state index contributed by atoms with van der Waals surface area (Å²) in [5, 5.41) is 3.02. The van der Waals surface area contributed by atoms with Gasteiger partial charge in [0, 0.05) is 11.3 Å². The molecule has 3 heteroatoms. The molecule has 14 heavy (non-hydrogen) atoms. The van der Waals surface area contributed by atoms with Gasteiger partial charge < -0.3 is 10.1 Å². The lowest BCUT2D eigenvalue weighted by Crippen LogP contribution is -2.31. The van der Waals surface area contributed by atoms with Gasteiger partial charge in [-0.3, -0.25) is 4.79 Å². The highest BCUT2D eigenvalue weighted by atomic mass is 16.5. The molecule has 3 nitrogen and oxygen atoms in total. The van der Waals surface area contributed by atoms with Gasteiger partial charge in [-0.15, -0.1) is 0 Å². The minimum Gasteiger partial charge on any atom is -0.354 e. The molecule has 2 rings (SSSR count). The lowest BCUT2D eigenvalue weighted by molar-refractivity contribution is -0.120. The zero-order chi connectivity index (χ0) is 9.97. The maximum Gasteiger partial charge on any atom is 0.185 e. The van der Waals surface area contributed by atoms with Crippen molar-refractivity contribution in [3.05, 3.63) is 29.8 Å². The van der Waals surface area contributed by atoms with Crippen molar-refractivity contribution in [2.45, 2.75) is 25.7 Å². The molecule has 1 aliphatic heterocycles. The SMILES string of the molecule is CCC1OC(C=O)Nc2ccccc21. The molecule has 0 saturated carbocycles. The average Bonchev–Trinajstić information content (AvgIpc) is 2.27. The minimum absolute atomic E-state index is 0.0302. The Morgan fingerprint density at radius 1 is 1.50 bits per heavy atom. The van der Waals surface area contributed by atoms with E-state index in [2.05, 4.69) is 12.2 Å². The van der Waals surface area contributed by atoms with Crippen LogP contribution in [0.25, 0.3) is 0 Å². The molecule has 0 aliphatic carbocycles. The van der Waals surface area contributed by atoms with Gasteiger partial charge in [-0.25, -0.2) is 0 Å². The number of para-hydroxylation sites is 1. The standard InChI is InChI=1S/C11H13NO2/c1-2-10-8-5-3-4-6-9(8)12-11(7-13)14-10/h3-7,10-12H,2H2,1H3. The number of hydrogen-bond acceptors (Lipinski definition) is 3. The van der Waals surface area contributed by atoms with Crippen molar-refractivity contribution in [1.82, 2.24) is 0 Å². The molecule has 0 aromatic heterocycles. The van der Waals surface area contributed by atoms with Gasteiger partial charge in [0.2, 0.25) is 0 Å². The van der Waals surface area contributed by atoms with E-state index in [0.717, 1.165) is 24.0 Å². The summed E-state index contributed by atoms with van der Waals surface area (Å²) in [4.78, 5) is 10.6. The fourth-order valence-electron chi connectivity index (χ4n) is 1.73. The molecule has 1 heterocycles. The Morgan fingerprint density at radius 3 is 3.00 bits per heavy atom. The number of fused-ring (bicyclic) bond motifs is 1. The van der Waals surface area contributed by atoms with Crippen LogP contribution in [0.3, 0.4) is 0 Å². The van der Waals surface area contributed by atoms with Crippen molar-refractivity contribution < 1.29 is 9.53 Å². The molecule has 74 valence electrons. The summed E-state index contributed by atoms with van der Waals surface area (Å²) in [7, 11) is 0. The highest BCUT2D eigenvalue weighted by Crippen LogP contribution is 2.33. The van der Waals surface area contributed by atoms with Crippen LogP contribution in [0.2, 0.25) is 0 Å². The van der Waals surface area contributed by atoms with Gasteiger partial charge in [-0.2, -0.15) is 0 Å². The Balaban J connectivity index is 2.35. The molecule has 0 amide bonds. The summed E-state index contributed by atoms with van der Waals surface area (Å²) in [5.41, 5.74) is 2.14. The molecule has 0 saturated heterocycles. The Kier molecular flexibility index (Phi) is 2.50. The number of carbonyl (C=O) groups excluding carboxylic acids is 1. The van der Waals surface area contributed by atoms with Gasteiger partial charge in [0.25, 0.3) is 0 Å². The summed E-state index contributed by atoms with van der Waals surface area (Å²) < 4.78 is 5.53. The Hall–Kier alpha value is -1.35. The quantitative estimate of drug-likeness (QED) is 0.727. The number of benzene rings is 1. The third kappa shape index (κ3) is 1.51. The topological polar surface area (TPSA) is 38.3 Å². The molecular formula is C11H13NO2. The minimum atomic E-state index is -0.505. The fraction of sp³-hybridized carbons (Fsp3) is 0.364. The van der Waals surface area contributed by atoms with Crippen LogP contribution in [-0.4, -0.2) is 12.5 Å². The molecule has 1 aliphatic rings. The molecule has 0 spiro atoms. The lowest BCUT2D eigenvalue weighted by atomic mass is 10.0. The van der Waals surface area contributed by atoms with Crippen LogP contribution in [0.4, 0.5) is 5.69 Å². The molecule has 0 radical (unpaired) electrons. The van der Waals surface area contributed by atoms with Crippen LogP contribution in [-0.2, 0) is 9.53 Å². The first-order valence-electron chi connectivity index (χ1n) is 4.81. The first kappa shape index (κ1) is 9.21. The fourth-order valence-corrected chi connectivity index (χ4v) is 1.73. The van der Waals surface area contributed by atoms with Gasteiger partial charge in [-0.05, 0) is 12.5 Å². The molecular weight excluding hydrogens is 178 g/mol. The third-order valence-electron chi connectivity index (χ3n) is 2.41. The second-order valence-electron chi connectivity index (χ2n) is 3.32. The van der Waals surface area contributed by atoms with E-state index < -0.39 is 6.23 Å². The van der Waals surface area contributed by atoms with Crippen LogP contribution in [0.15, 0.2) is 24.3 Å². The monoisotopic (exact) mass is 191 g/mol. The third-order valence-corrected chi connectivity index (χ3v) is 2.41. The predicted molar refractivity (Wildman–Crippen MR) is 54.0 cm³/mol. The summed E-state index contributed by atoms with van der Waals surface area (Å²) in [6.07, 6.45) is 1.19.